The van der Waals surface area contributed by atoms with Crippen LogP contribution < -0.4 is 0 Å². The van der Waals surface area contributed by atoms with Gasteiger partial charge in [0, 0.05) is 4.83 Å². The van der Waals surface area contributed by atoms with Gasteiger partial charge in [0.1, 0.15) is 5.75 Å². The van der Waals surface area contributed by atoms with Crippen LogP contribution in [0.1, 0.15) is 126 Å². The third kappa shape index (κ3) is 15.7. The highest BCUT2D eigenvalue weighted by Crippen LogP contribution is 2.29. The first-order valence-electron chi connectivity index (χ1n) is 11.7. The number of halogens is 1. The first-order chi connectivity index (χ1) is 13.2. The lowest BCUT2D eigenvalue weighted by atomic mass is 10.0. The van der Waals surface area contributed by atoms with Gasteiger partial charge in [-0.15, -0.1) is 0 Å². The van der Waals surface area contributed by atoms with E-state index in [2.05, 4.69) is 22.9 Å². The molecule has 0 bridgehead atoms. The molecule has 1 rings (SSSR count). The molecular weight excluding hydrogens is 428 g/mol. The zero-order valence-corrected chi connectivity index (χ0v) is 21.1. The molecule has 0 spiro atoms. The molecule has 164 valence electrons. The van der Waals surface area contributed by atoms with Gasteiger partial charge in [-0.05, 0) is 24.1 Å². The fraction of sp³-hybridized carbons (Fsp3) is 0.760. The summed E-state index contributed by atoms with van der Waals surface area (Å²) >= 11 is 3.77. The van der Waals surface area contributed by atoms with E-state index in [0.29, 0.717) is 10.6 Å². The number of phenols is 1. The Labute approximate surface area is 190 Å². The van der Waals surface area contributed by atoms with Crippen molar-refractivity contribution in [3.63, 3.8) is 0 Å². The Morgan fingerprint density at radius 2 is 1.00 bits per heavy atom. The van der Waals surface area contributed by atoms with E-state index in [0.717, 1.165) is 0 Å². The van der Waals surface area contributed by atoms with Crippen molar-refractivity contribution >= 4 is 29.4 Å². The van der Waals surface area contributed by atoms with Crippen LogP contribution in [0.2, 0.25) is 0 Å². The summed E-state index contributed by atoms with van der Waals surface area (Å²) in [5.74, 6) is 0.348. The first kappa shape index (κ1) is 27.8. The van der Waals surface area contributed by atoms with Crippen molar-refractivity contribution < 1.29 is 5.11 Å². The second-order valence-corrected chi connectivity index (χ2v) is 9.26. The predicted octanol–water partition coefficient (Wildman–Crippen LogP) is 8.67. The molecule has 1 unspecified atom stereocenters. The van der Waals surface area contributed by atoms with Gasteiger partial charge in [0.05, 0.1) is 0 Å². The summed E-state index contributed by atoms with van der Waals surface area (Å²) in [5.41, 5.74) is 1.27. The number of hydrogen-bond donors (Lipinski definition) is 1. The number of hydrogen-bond acceptors (Lipinski definition) is 1. The molecule has 0 fully saturated rings. The summed E-state index contributed by atoms with van der Waals surface area (Å²) < 4.78 is 0. The van der Waals surface area contributed by atoms with Crippen LogP contribution in [0.4, 0.5) is 0 Å². The zero-order chi connectivity index (χ0) is 19.6. The average molecular weight is 475 g/mol. The molecule has 1 N–H and O–H groups in total. The van der Waals surface area contributed by atoms with Gasteiger partial charge in [0.25, 0.3) is 0 Å². The molecule has 0 aliphatic rings. The number of unbranched alkanes of at least 4 members (excludes halogenated alkanes) is 15. The van der Waals surface area contributed by atoms with E-state index in [1.165, 1.54) is 115 Å². The van der Waals surface area contributed by atoms with E-state index in [-0.39, 0.29) is 13.5 Å². The summed E-state index contributed by atoms with van der Waals surface area (Å²) in [4.78, 5) is 0.421. The van der Waals surface area contributed by atoms with Crippen molar-refractivity contribution in [2.45, 2.75) is 121 Å². The molecule has 0 saturated carbocycles. The van der Waals surface area contributed by atoms with Crippen molar-refractivity contribution in [3.8, 4) is 5.75 Å². The van der Waals surface area contributed by atoms with Crippen molar-refractivity contribution in [1.82, 2.24) is 0 Å². The van der Waals surface area contributed by atoms with Crippen molar-refractivity contribution in [1.29, 1.82) is 0 Å². The van der Waals surface area contributed by atoms with Gasteiger partial charge in [-0.25, -0.2) is 0 Å². The summed E-state index contributed by atoms with van der Waals surface area (Å²) in [5, 5.41) is 9.35. The number of rotatable bonds is 18. The molecule has 0 amide bonds. The van der Waals surface area contributed by atoms with E-state index in [1.54, 1.807) is 12.1 Å². The van der Waals surface area contributed by atoms with Crippen LogP contribution in [0.15, 0.2) is 24.3 Å². The molecule has 0 radical (unpaired) electrons. The van der Waals surface area contributed by atoms with Crippen LogP contribution in [-0.2, 0) is 13.5 Å². The smallest absolute Gasteiger partial charge is 0.115 e. The molecule has 1 nitrogen and oxygen atoms in total. The Balaban J connectivity index is 0.00000729. The minimum absolute atomic E-state index is 0. The van der Waals surface area contributed by atoms with Crippen molar-refractivity contribution in [2.75, 3.05) is 0 Å². The lowest BCUT2D eigenvalue weighted by Crippen LogP contribution is -1.90. The quantitative estimate of drug-likeness (QED) is 0.128. The summed E-state index contributed by atoms with van der Waals surface area (Å²) in [6, 6.07) is 7.58. The average Bonchev–Trinajstić information content (AvgIpc) is 2.68. The second-order valence-electron chi connectivity index (χ2n) is 8.15. The minimum Gasteiger partial charge on any atom is -0.508 e. The van der Waals surface area contributed by atoms with Crippen molar-refractivity contribution in [2.24, 2.45) is 0 Å². The molecule has 1 aromatic carbocycles. The van der Waals surface area contributed by atoms with E-state index in [9.17, 15) is 5.11 Å². The summed E-state index contributed by atoms with van der Waals surface area (Å²) in [6.45, 7) is 2.29. The second kappa shape index (κ2) is 20.1. The highest BCUT2D eigenvalue weighted by molar-refractivity contribution is 9.09. The Morgan fingerprint density at radius 1 is 0.643 bits per heavy atom. The molecule has 1 atom stereocenters. The maximum Gasteiger partial charge on any atom is 0.115 e. The number of phenolic OH excluding ortho intramolecular Hbond substituents is 1. The lowest BCUT2D eigenvalue weighted by molar-refractivity contribution is 0.475. The predicted molar refractivity (Wildman–Crippen MR) is 135 cm³/mol. The van der Waals surface area contributed by atoms with E-state index in [1.807, 2.05) is 12.1 Å². The van der Waals surface area contributed by atoms with E-state index >= 15 is 0 Å². The Kier molecular flexibility index (Phi) is 20.0. The van der Waals surface area contributed by atoms with E-state index < -0.39 is 0 Å². The van der Waals surface area contributed by atoms with Gasteiger partial charge in [0.2, 0.25) is 0 Å². The Morgan fingerprint density at radius 3 is 1.39 bits per heavy atom. The topological polar surface area (TPSA) is 20.2 Å². The largest absolute Gasteiger partial charge is 0.508 e. The summed E-state index contributed by atoms with van der Waals surface area (Å²) in [6.07, 6.45) is 23.9. The van der Waals surface area contributed by atoms with Crippen LogP contribution >= 0.6 is 15.9 Å². The number of aromatic hydroxyl groups is 1. The van der Waals surface area contributed by atoms with E-state index in [4.69, 9.17) is 0 Å². The van der Waals surface area contributed by atoms with Crippen LogP contribution in [-0.4, -0.2) is 5.11 Å². The lowest BCUT2D eigenvalue weighted by Gasteiger charge is -2.10. The molecule has 3 heteroatoms. The normalized spacial score (nSPS) is 11.9. The molecule has 28 heavy (non-hydrogen) atoms. The molecule has 0 heterocycles. The number of benzene rings is 1. The third-order valence-corrected chi connectivity index (χ3v) is 6.55. The fourth-order valence-electron chi connectivity index (χ4n) is 3.72. The van der Waals surface area contributed by atoms with Gasteiger partial charge in [-0.2, -0.15) is 0 Å². The maximum absolute atomic E-state index is 9.35. The Hall–Kier alpha value is -0.150. The van der Waals surface area contributed by atoms with Crippen LogP contribution in [0.25, 0.3) is 0 Å². The Bertz CT molecular complexity index is 435. The van der Waals surface area contributed by atoms with Crippen LogP contribution in [0.3, 0.4) is 0 Å². The van der Waals surface area contributed by atoms with Gasteiger partial charge in [0.15, 0.2) is 0 Å². The molecule has 0 aliphatic carbocycles. The molecule has 0 aromatic heterocycles. The maximum atomic E-state index is 9.35. The number of alkyl halides is 1. The van der Waals surface area contributed by atoms with Gasteiger partial charge >= 0.3 is 0 Å². The highest BCUT2D eigenvalue weighted by atomic mass is 79.9. The fourth-order valence-corrected chi connectivity index (χ4v) is 4.35. The standard InChI is InChI=1S/C25H43BrO.H2S/c1-2-3-4-5-6-7-8-9-10-11-12-13-14-15-16-17-18-25(26)23-19-21-24(27)22-20-23;/h19-22,25,27H,2-18H2,1H3;1H2/p+1. The monoisotopic (exact) mass is 473 g/mol. The molecule has 0 aliphatic heterocycles. The summed E-state index contributed by atoms with van der Waals surface area (Å²) in [7, 11) is 0. The minimum atomic E-state index is 0. The highest BCUT2D eigenvalue weighted by Gasteiger charge is 2.06. The molecule has 1 aromatic rings. The zero-order valence-electron chi connectivity index (χ0n) is 18.3. The van der Waals surface area contributed by atoms with Gasteiger partial charge < -0.3 is 5.11 Å². The van der Waals surface area contributed by atoms with Gasteiger partial charge in [-0.3, -0.25) is 0 Å². The van der Waals surface area contributed by atoms with Crippen molar-refractivity contribution in [3.05, 3.63) is 29.8 Å². The van der Waals surface area contributed by atoms with Crippen LogP contribution in [0, 0.1) is 0 Å². The third-order valence-electron chi connectivity index (χ3n) is 5.57. The molecule has 0 saturated heterocycles. The van der Waals surface area contributed by atoms with Gasteiger partial charge in [-0.1, -0.05) is 151 Å². The van der Waals surface area contributed by atoms with Crippen LogP contribution in [0.5, 0.6) is 5.75 Å². The first-order valence-corrected chi connectivity index (χ1v) is 12.6. The SMILES string of the molecule is CCCCCCCCCCCCCCCCCCC(Br)c1ccc(O)cc1.[SH3+]. The molecular formula is C25H46BrOS+.